The topological polar surface area (TPSA) is 87.5 Å². The van der Waals surface area contributed by atoms with Gasteiger partial charge < -0.3 is 21.3 Å². The van der Waals surface area contributed by atoms with Crippen molar-refractivity contribution in [1.29, 1.82) is 0 Å². The summed E-state index contributed by atoms with van der Waals surface area (Å²) in [6, 6.07) is 12.6. The quantitative estimate of drug-likeness (QED) is 0.745. The van der Waals surface area contributed by atoms with E-state index in [4.69, 9.17) is 5.73 Å². The maximum atomic E-state index is 13.6. The number of piperazine rings is 1. The predicted molar refractivity (Wildman–Crippen MR) is 103 cm³/mol. The smallest absolute Gasteiger partial charge is 0.312 e. The van der Waals surface area contributed by atoms with Gasteiger partial charge in [0, 0.05) is 31.7 Å². The van der Waals surface area contributed by atoms with Gasteiger partial charge in [-0.15, -0.1) is 12.4 Å². The van der Waals surface area contributed by atoms with Crippen LogP contribution < -0.4 is 16.4 Å². The van der Waals surface area contributed by atoms with Crippen molar-refractivity contribution < 1.29 is 14.0 Å². The van der Waals surface area contributed by atoms with E-state index < -0.39 is 6.03 Å². The Balaban J connectivity index is 0.00000261. The van der Waals surface area contributed by atoms with Gasteiger partial charge >= 0.3 is 6.03 Å². The highest BCUT2D eigenvalue weighted by Crippen LogP contribution is 2.25. The predicted octanol–water partition coefficient (Wildman–Crippen LogP) is 2.20. The summed E-state index contributed by atoms with van der Waals surface area (Å²) in [5.74, 6) is -0.415. The summed E-state index contributed by atoms with van der Waals surface area (Å²) in [5.41, 5.74) is 7.23. The molecule has 3 amide bonds. The number of carbonyl (C=O) groups is 2. The zero-order chi connectivity index (χ0) is 18.5. The second kappa shape index (κ2) is 9.34. The number of amides is 3. The summed E-state index contributed by atoms with van der Waals surface area (Å²) in [6.07, 6.45) is 0. The minimum Gasteiger partial charge on any atom is -0.352 e. The first kappa shape index (κ1) is 20.7. The molecule has 6 nitrogen and oxygen atoms in total. The Hall–Kier alpha value is -2.64. The zero-order valence-corrected chi connectivity index (χ0v) is 15.5. The fourth-order valence-corrected chi connectivity index (χ4v) is 3.08. The monoisotopic (exact) mass is 392 g/mol. The van der Waals surface area contributed by atoms with E-state index in [1.807, 2.05) is 6.07 Å². The number of nitrogens with one attached hydrogen (secondary N) is 2. The lowest BCUT2D eigenvalue weighted by atomic mass is 10.0. The van der Waals surface area contributed by atoms with Crippen LogP contribution in [0.25, 0.3) is 0 Å². The number of hydrogen-bond acceptors (Lipinski definition) is 3. The Kier molecular flexibility index (Phi) is 7.15. The first-order valence-electron chi connectivity index (χ1n) is 8.44. The van der Waals surface area contributed by atoms with Crippen molar-refractivity contribution in [3.8, 4) is 0 Å². The van der Waals surface area contributed by atoms with Crippen LogP contribution in [0.3, 0.4) is 0 Å². The molecule has 0 spiro atoms. The van der Waals surface area contributed by atoms with E-state index >= 15 is 0 Å². The van der Waals surface area contributed by atoms with Crippen LogP contribution in [0.4, 0.5) is 9.18 Å². The second-order valence-corrected chi connectivity index (χ2v) is 6.19. The second-order valence-electron chi connectivity index (χ2n) is 6.19. The SMILES string of the molecule is Cl.NC(=O)NCc1ccc(C(=O)N2CCNCC2c2cccc(F)c2)cc1. The summed E-state index contributed by atoms with van der Waals surface area (Å²) in [7, 11) is 0. The molecule has 1 fully saturated rings. The van der Waals surface area contributed by atoms with Gasteiger partial charge in [0.2, 0.25) is 0 Å². The van der Waals surface area contributed by atoms with Crippen LogP contribution in [0.5, 0.6) is 0 Å². The molecule has 0 aromatic heterocycles. The standard InChI is InChI=1S/C19H21FN4O2.ClH/c20-16-3-1-2-15(10-16)17-12-22-8-9-24(17)18(25)14-6-4-13(5-7-14)11-23-19(21)26;/h1-7,10,17,22H,8-9,11-12H2,(H3,21,23,26);1H. The highest BCUT2D eigenvalue weighted by Gasteiger charge is 2.28. The van der Waals surface area contributed by atoms with Crippen LogP contribution in [0.1, 0.15) is 27.5 Å². The molecule has 0 saturated carbocycles. The van der Waals surface area contributed by atoms with Crippen molar-refractivity contribution in [3.05, 3.63) is 71.0 Å². The van der Waals surface area contributed by atoms with E-state index in [2.05, 4.69) is 10.6 Å². The summed E-state index contributed by atoms with van der Waals surface area (Å²) in [4.78, 5) is 25.5. The van der Waals surface area contributed by atoms with E-state index in [0.717, 1.165) is 11.1 Å². The molecule has 0 aliphatic carbocycles. The largest absolute Gasteiger partial charge is 0.352 e. The molecule has 0 radical (unpaired) electrons. The van der Waals surface area contributed by atoms with Gasteiger partial charge in [0.15, 0.2) is 0 Å². The molecule has 1 heterocycles. The highest BCUT2D eigenvalue weighted by molar-refractivity contribution is 5.94. The average Bonchev–Trinajstić information content (AvgIpc) is 2.66. The molecule has 4 N–H and O–H groups in total. The molecule has 144 valence electrons. The van der Waals surface area contributed by atoms with Gasteiger partial charge in [0.1, 0.15) is 5.82 Å². The normalized spacial score (nSPS) is 16.3. The Bertz CT molecular complexity index is 801. The van der Waals surface area contributed by atoms with Gasteiger partial charge in [-0.3, -0.25) is 4.79 Å². The van der Waals surface area contributed by atoms with Crippen molar-refractivity contribution in [1.82, 2.24) is 15.5 Å². The van der Waals surface area contributed by atoms with Crippen LogP contribution in [0.15, 0.2) is 48.5 Å². The fraction of sp³-hybridized carbons (Fsp3) is 0.263. The van der Waals surface area contributed by atoms with Crippen molar-refractivity contribution in [2.24, 2.45) is 5.73 Å². The van der Waals surface area contributed by atoms with Gasteiger partial charge in [0.05, 0.1) is 6.04 Å². The molecule has 2 aromatic carbocycles. The molecule has 27 heavy (non-hydrogen) atoms. The van der Waals surface area contributed by atoms with Crippen molar-refractivity contribution >= 4 is 24.3 Å². The summed E-state index contributed by atoms with van der Waals surface area (Å²) < 4.78 is 13.6. The van der Waals surface area contributed by atoms with Crippen molar-refractivity contribution in [2.75, 3.05) is 19.6 Å². The van der Waals surface area contributed by atoms with Gasteiger partial charge in [-0.2, -0.15) is 0 Å². The van der Waals surface area contributed by atoms with E-state index in [1.54, 1.807) is 35.2 Å². The van der Waals surface area contributed by atoms with Crippen LogP contribution in [0, 0.1) is 5.82 Å². The van der Waals surface area contributed by atoms with Crippen molar-refractivity contribution in [3.63, 3.8) is 0 Å². The summed E-state index contributed by atoms with van der Waals surface area (Å²) in [6.45, 7) is 2.13. The average molecular weight is 393 g/mol. The van der Waals surface area contributed by atoms with Gasteiger partial charge in [-0.05, 0) is 35.4 Å². The Labute approximate surface area is 163 Å². The molecule has 0 bridgehead atoms. The number of halogens is 2. The van der Waals surface area contributed by atoms with E-state index in [-0.39, 0.29) is 30.2 Å². The maximum absolute atomic E-state index is 13.6. The lowest BCUT2D eigenvalue weighted by Crippen LogP contribution is -2.48. The Morgan fingerprint density at radius 2 is 1.96 bits per heavy atom. The lowest BCUT2D eigenvalue weighted by molar-refractivity contribution is 0.0634. The number of rotatable bonds is 4. The Morgan fingerprint density at radius 1 is 1.22 bits per heavy atom. The van der Waals surface area contributed by atoms with E-state index in [1.165, 1.54) is 12.1 Å². The highest BCUT2D eigenvalue weighted by atomic mass is 35.5. The molecular weight excluding hydrogens is 371 g/mol. The first-order valence-corrected chi connectivity index (χ1v) is 8.44. The zero-order valence-electron chi connectivity index (χ0n) is 14.7. The molecule has 1 saturated heterocycles. The van der Waals surface area contributed by atoms with Gasteiger partial charge in [-0.1, -0.05) is 24.3 Å². The third kappa shape index (κ3) is 5.18. The molecule has 2 aromatic rings. The van der Waals surface area contributed by atoms with Crippen LogP contribution in [0.2, 0.25) is 0 Å². The molecule has 1 aliphatic heterocycles. The van der Waals surface area contributed by atoms with E-state index in [0.29, 0.717) is 31.7 Å². The fourth-order valence-electron chi connectivity index (χ4n) is 3.08. The number of nitrogens with zero attached hydrogens (tertiary/aromatic N) is 1. The van der Waals surface area contributed by atoms with Gasteiger partial charge in [-0.25, -0.2) is 9.18 Å². The number of carbonyl (C=O) groups excluding carboxylic acids is 2. The number of benzene rings is 2. The maximum Gasteiger partial charge on any atom is 0.312 e. The molecule has 1 atom stereocenters. The van der Waals surface area contributed by atoms with Crippen LogP contribution in [-0.2, 0) is 6.54 Å². The van der Waals surface area contributed by atoms with E-state index in [9.17, 15) is 14.0 Å². The van der Waals surface area contributed by atoms with Crippen molar-refractivity contribution in [2.45, 2.75) is 12.6 Å². The number of primary amides is 1. The molecule has 8 heteroatoms. The first-order chi connectivity index (χ1) is 12.5. The molecule has 1 unspecified atom stereocenters. The van der Waals surface area contributed by atoms with Crippen LogP contribution >= 0.6 is 12.4 Å². The number of hydrogen-bond donors (Lipinski definition) is 3. The lowest BCUT2D eigenvalue weighted by Gasteiger charge is -2.36. The minimum absolute atomic E-state index is 0. The number of nitrogens with two attached hydrogens (primary N) is 1. The molecule has 1 aliphatic rings. The number of urea groups is 1. The Morgan fingerprint density at radius 3 is 2.63 bits per heavy atom. The van der Waals surface area contributed by atoms with Gasteiger partial charge in [0.25, 0.3) is 5.91 Å². The van der Waals surface area contributed by atoms with Crippen LogP contribution in [-0.4, -0.2) is 36.5 Å². The third-order valence-corrected chi connectivity index (χ3v) is 4.41. The summed E-state index contributed by atoms with van der Waals surface area (Å²) >= 11 is 0. The summed E-state index contributed by atoms with van der Waals surface area (Å²) in [5, 5.41) is 5.76. The minimum atomic E-state index is -0.594. The molecular formula is C19H22ClFN4O2. The molecule has 3 rings (SSSR count). The third-order valence-electron chi connectivity index (χ3n) is 4.41.